The molecule has 0 aromatic heterocycles. The molecule has 3 amide bonds. The number of carbonyl (C=O) groups is 2. The average molecular weight is 354 g/mol. The average Bonchev–Trinajstić information content (AvgIpc) is 2.98. The van der Waals surface area contributed by atoms with Gasteiger partial charge in [0.15, 0.2) is 0 Å². The third kappa shape index (κ3) is 6.28. The predicted octanol–water partition coefficient (Wildman–Crippen LogP) is 2.42. The second-order valence-corrected chi connectivity index (χ2v) is 6.06. The molecule has 1 aliphatic heterocycles. The zero-order valence-corrected chi connectivity index (χ0v) is 14.5. The Balaban J connectivity index is 1.46. The molecular weight excluding hydrogens is 330 g/mol. The lowest BCUT2D eigenvalue weighted by atomic mass is 10.3. The van der Waals surface area contributed by atoms with Crippen LogP contribution >= 0.6 is 11.6 Å². The minimum Gasteiger partial charge on any atom is -0.492 e. The van der Waals surface area contributed by atoms with E-state index in [0.717, 1.165) is 19.4 Å². The van der Waals surface area contributed by atoms with Gasteiger partial charge in [-0.05, 0) is 31.4 Å². The Morgan fingerprint density at radius 1 is 1.21 bits per heavy atom. The van der Waals surface area contributed by atoms with Crippen molar-refractivity contribution >= 4 is 23.5 Å². The normalized spacial score (nSPS) is 13.9. The molecule has 0 radical (unpaired) electrons. The number of nitrogens with one attached hydrogen (secondary N) is 2. The van der Waals surface area contributed by atoms with Crippen LogP contribution in [0.15, 0.2) is 24.3 Å². The Bertz CT molecular complexity index is 554. The summed E-state index contributed by atoms with van der Waals surface area (Å²) >= 11 is 5.99. The summed E-state index contributed by atoms with van der Waals surface area (Å²) in [5, 5.41) is 6.15. The van der Waals surface area contributed by atoms with Crippen LogP contribution < -0.4 is 15.4 Å². The van der Waals surface area contributed by atoms with Gasteiger partial charge in [0.05, 0.1) is 11.6 Å². The van der Waals surface area contributed by atoms with Crippen LogP contribution in [0.25, 0.3) is 0 Å². The van der Waals surface area contributed by atoms with Crippen molar-refractivity contribution in [1.82, 2.24) is 15.5 Å². The molecule has 132 valence electrons. The van der Waals surface area contributed by atoms with Gasteiger partial charge in [0, 0.05) is 32.6 Å². The molecule has 1 aromatic carbocycles. The number of ether oxygens (including phenoxy) is 1. The van der Waals surface area contributed by atoms with Gasteiger partial charge in [-0.2, -0.15) is 0 Å². The number of benzene rings is 1. The molecule has 7 heteroatoms. The third-order valence-electron chi connectivity index (χ3n) is 3.76. The molecule has 2 N–H and O–H groups in total. The van der Waals surface area contributed by atoms with Crippen LogP contribution in [0, 0.1) is 0 Å². The highest BCUT2D eigenvalue weighted by Gasteiger charge is 2.18. The van der Waals surface area contributed by atoms with E-state index in [1.165, 1.54) is 0 Å². The van der Waals surface area contributed by atoms with Gasteiger partial charge in [-0.25, -0.2) is 4.79 Å². The molecule has 0 spiro atoms. The fourth-order valence-corrected chi connectivity index (χ4v) is 2.68. The van der Waals surface area contributed by atoms with Gasteiger partial charge in [0.1, 0.15) is 5.75 Å². The number of hydrogen-bond donors (Lipinski definition) is 2. The Kier molecular flexibility index (Phi) is 7.68. The number of hydrogen-bond acceptors (Lipinski definition) is 3. The quantitative estimate of drug-likeness (QED) is 0.670. The first-order chi connectivity index (χ1) is 11.7. The number of halogens is 1. The van der Waals surface area contributed by atoms with Crippen molar-refractivity contribution in [1.29, 1.82) is 0 Å². The Labute approximate surface area is 147 Å². The van der Waals surface area contributed by atoms with E-state index in [9.17, 15) is 9.59 Å². The Morgan fingerprint density at radius 2 is 1.96 bits per heavy atom. The topological polar surface area (TPSA) is 70.7 Å². The summed E-state index contributed by atoms with van der Waals surface area (Å²) in [5.41, 5.74) is 0. The van der Waals surface area contributed by atoms with Gasteiger partial charge < -0.3 is 20.3 Å². The Morgan fingerprint density at radius 3 is 2.67 bits per heavy atom. The summed E-state index contributed by atoms with van der Waals surface area (Å²) in [4.78, 5) is 24.9. The maximum absolute atomic E-state index is 11.6. The largest absolute Gasteiger partial charge is 0.492 e. The number of likely N-dealkylation sites (tertiary alicyclic amines) is 1. The van der Waals surface area contributed by atoms with Crippen LogP contribution in [0.1, 0.15) is 25.7 Å². The molecule has 0 saturated carbocycles. The zero-order valence-electron chi connectivity index (χ0n) is 13.7. The lowest BCUT2D eigenvalue weighted by Gasteiger charge is -2.15. The van der Waals surface area contributed by atoms with Crippen molar-refractivity contribution in [3.63, 3.8) is 0 Å². The van der Waals surface area contributed by atoms with E-state index >= 15 is 0 Å². The number of amides is 3. The van der Waals surface area contributed by atoms with Gasteiger partial charge in [0.25, 0.3) is 0 Å². The van der Waals surface area contributed by atoms with Crippen LogP contribution in [-0.4, -0.2) is 49.6 Å². The van der Waals surface area contributed by atoms with E-state index in [1.54, 1.807) is 6.07 Å². The predicted molar refractivity (Wildman–Crippen MR) is 93.4 cm³/mol. The number of carbonyl (C=O) groups excluding carboxylic acids is 2. The molecule has 0 aliphatic carbocycles. The van der Waals surface area contributed by atoms with Gasteiger partial charge in [0.2, 0.25) is 5.91 Å². The number of nitrogens with zero attached hydrogens (tertiary/aromatic N) is 1. The SMILES string of the molecule is O=C(NCCCOc1ccccc1Cl)NCCCN1CCCC1=O. The fourth-order valence-electron chi connectivity index (χ4n) is 2.49. The minimum absolute atomic E-state index is 0.194. The van der Waals surface area contributed by atoms with E-state index in [0.29, 0.717) is 49.9 Å². The maximum atomic E-state index is 11.6. The zero-order chi connectivity index (χ0) is 17.2. The van der Waals surface area contributed by atoms with Crippen molar-refractivity contribution < 1.29 is 14.3 Å². The third-order valence-corrected chi connectivity index (χ3v) is 4.07. The lowest BCUT2D eigenvalue weighted by molar-refractivity contribution is -0.127. The van der Waals surface area contributed by atoms with Crippen molar-refractivity contribution in [3.8, 4) is 5.75 Å². The van der Waals surface area contributed by atoms with Gasteiger partial charge >= 0.3 is 6.03 Å². The summed E-state index contributed by atoms with van der Waals surface area (Å²) in [6.45, 7) is 3.13. The van der Waals surface area contributed by atoms with Crippen molar-refractivity contribution in [3.05, 3.63) is 29.3 Å². The highest BCUT2D eigenvalue weighted by Crippen LogP contribution is 2.22. The molecule has 1 aromatic rings. The summed E-state index contributed by atoms with van der Waals surface area (Å²) in [6, 6.07) is 7.11. The molecule has 0 bridgehead atoms. The number of rotatable bonds is 9. The molecule has 1 heterocycles. The summed E-state index contributed by atoms with van der Waals surface area (Å²) in [7, 11) is 0. The van der Waals surface area contributed by atoms with Crippen LogP contribution in [0.3, 0.4) is 0 Å². The van der Waals surface area contributed by atoms with Crippen LogP contribution in [0.5, 0.6) is 5.75 Å². The molecule has 0 unspecified atom stereocenters. The second-order valence-electron chi connectivity index (χ2n) is 5.65. The van der Waals surface area contributed by atoms with E-state index in [-0.39, 0.29) is 11.9 Å². The molecule has 24 heavy (non-hydrogen) atoms. The minimum atomic E-state index is -0.194. The molecule has 0 atom stereocenters. The first-order valence-electron chi connectivity index (χ1n) is 8.33. The maximum Gasteiger partial charge on any atom is 0.314 e. The molecular formula is C17H24ClN3O3. The summed E-state index contributed by atoms with van der Waals surface area (Å²) in [5.74, 6) is 0.873. The van der Waals surface area contributed by atoms with E-state index < -0.39 is 0 Å². The Hall–Kier alpha value is -1.95. The van der Waals surface area contributed by atoms with Gasteiger partial charge in [-0.15, -0.1) is 0 Å². The van der Waals surface area contributed by atoms with Crippen molar-refractivity contribution in [2.24, 2.45) is 0 Å². The van der Waals surface area contributed by atoms with E-state index in [1.807, 2.05) is 23.1 Å². The highest BCUT2D eigenvalue weighted by molar-refractivity contribution is 6.32. The van der Waals surface area contributed by atoms with Crippen molar-refractivity contribution in [2.45, 2.75) is 25.7 Å². The van der Waals surface area contributed by atoms with Gasteiger partial charge in [-0.1, -0.05) is 23.7 Å². The summed E-state index contributed by atoms with van der Waals surface area (Å²) < 4.78 is 5.54. The van der Waals surface area contributed by atoms with Crippen molar-refractivity contribution in [2.75, 3.05) is 32.8 Å². The molecule has 1 fully saturated rings. The molecule has 6 nitrogen and oxygen atoms in total. The van der Waals surface area contributed by atoms with E-state index in [2.05, 4.69) is 10.6 Å². The van der Waals surface area contributed by atoms with Crippen LogP contribution in [0.4, 0.5) is 4.79 Å². The van der Waals surface area contributed by atoms with Crippen LogP contribution in [0.2, 0.25) is 5.02 Å². The number of para-hydroxylation sites is 1. The first-order valence-corrected chi connectivity index (χ1v) is 8.71. The first kappa shape index (κ1) is 18.4. The molecule has 2 rings (SSSR count). The smallest absolute Gasteiger partial charge is 0.314 e. The van der Waals surface area contributed by atoms with Crippen LogP contribution in [-0.2, 0) is 4.79 Å². The standard InChI is InChI=1S/C17H24ClN3O3/c18-14-6-1-2-7-15(14)24-13-5-10-20-17(23)19-9-4-12-21-11-3-8-16(21)22/h1-2,6-7H,3-5,8-13H2,(H2,19,20,23). The molecule has 1 aliphatic rings. The summed E-state index contributed by atoms with van der Waals surface area (Å²) in [6.07, 6.45) is 3.07. The second kappa shape index (κ2) is 10.0. The van der Waals surface area contributed by atoms with E-state index in [4.69, 9.17) is 16.3 Å². The number of urea groups is 1. The monoisotopic (exact) mass is 353 g/mol. The lowest BCUT2D eigenvalue weighted by Crippen LogP contribution is -2.38. The highest BCUT2D eigenvalue weighted by atomic mass is 35.5. The molecule has 1 saturated heterocycles. The van der Waals surface area contributed by atoms with Gasteiger partial charge in [-0.3, -0.25) is 4.79 Å². The fraction of sp³-hybridized carbons (Fsp3) is 0.529.